The van der Waals surface area contributed by atoms with Gasteiger partial charge in [0, 0.05) is 24.9 Å². The summed E-state index contributed by atoms with van der Waals surface area (Å²) >= 11 is 0. The van der Waals surface area contributed by atoms with Crippen LogP contribution < -0.4 is 0 Å². The van der Waals surface area contributed by atoms with E-state index in [1.165, 1.54) is 6.92 Å². The van der Waals surface area contributed by atoms with Crippen LogP contribution in [0.3, 0.4) is 0 Å². The van der Waals surface area contributed by atoms with Gasteiger partial charge < -0.3 is 0 Å². The van der Waals surface area contributed by atoms with Crippen LogP contribution in [0.5, 0.6) is 0 Å². The van der Waals surface area contributed by atoms with Crippen LogP contribution in [0.1, 0.15) is 50.3 Å². The summed E-state index contributed by atoms with van der Waals surface area (Å²) in [6.07, 6.45) is 1.93. The summed E-state index contributed by atoms with van der Waals surface area (Å²) in [7, 11) is 0. The maximum absolute atomic E-state index is 14.2. The standard InChI is InChI=1S/C23H25F2N7/c1-3-5-14-32-20(26-22(29-32)23(24,25)4-2)15-16-10-12-17(13-11-16)18-8-6-7-9-19(18)21-27-30-31-28-21/h6-13H,3-5,14-15H2,1-2H3,(H,27,28,30,31). The fourth-order valence-corrected chi connectivity index (χ4v) is 3.50. The molecule has 166 valence electrons. The van der Waals surface area contributed by atoms with Crippen LogP contribution in [0.4, 0.5) is 8.78 Å². The van der Waals surface area contributed by atoms with E-state index in [4.69, 9.17) is 0 Å². The smallest absolute Gasteiger partial charge is 0.249 e. The van der Waals surface area contributed by atoms with Crippen molar-refractivity contribution in [1.82, 2.24) is 35.4 Å². The lowest BCUT2D eigenvalue weighted by atomic mass is 9.98. The van der Waals surface area contributed by atoms with Crippen molar-refractivity contribution in [3.8, 4) is 22.5 Å². The van der Waals surface area contributed by atoms with Crippen LogP contribution in [0, 0.1) is 0 Å². The zero-order valence-corrected chi connectivity index (χ0v) is 18.1. The minimum absolute atomic E-state index is 0.320. The quantitative estimate of drug-likeness (QED) is 0.397. The van der Waals surface area contributed by atoms with Gasteiger partial charge in [-0.25, -0.2) is 14.8 Å². The SMILES string of the molecule is CCCCn1nc(C(F)(F)CC)nc1Cc1ccc(-c2ccccc2-c2nnn[nH]2)cc1. The number of benzene rings is 2. The Balaban J connectivity index is 1.60. The number of nitrogens with zero attached hydrogens (tertiary/aromatic N) is 6. The summed E-state index contributed by atoms with van der Waals surface area (Å²) in [5, 5.41) is 18.3. The first-order valence-corrected chi connectivity index (χ1v) is 10.8. The molecule has 0 radical (unpaired) electrons. The van der Waals surface area contributed by atoms with E-state index >= 15 is 0 Å². The van der Waals surface area contributed by atoms with E-state index in [9.17, 15) is 8.78 Å². The Labute approximate surface area is 184 Å². The number of aromatic amines is 1. The second-order valence-corrected chi connectivity index (χ2v) is 7.66. The Kier molecular flexibility index (Phi) is 6.34. The lowest BCUT2D eigenvalue weighted by Crippen LogP contribution is -2.14. The molecular formula is C23H25F2N7. The molecule has 2 aromatic heterocycles. The fourth-order valence-electron chi connectivity index (χ4n) is 3.50. The summed E-state index contributed by atoms with van der Waals surface area (Å²) in [6.45, 7) is 4.08. The lowest BCUT2D eigenvalue weighted by Gasteiger charge is -2.09. The van der Waals surface area contributed by atoms with Crippen LogP contribution >= 0.6 is 0 Å². The third-order valence-electron chi connectivity index (χ3n) is 5.40. The van der Waals surface area contributed by atoms with Gasteiger partial charge in [-0.05, 0) is 33.5 Å². The van der Waals surface area contributed by atoms with Crippen LogP contribution in [-0.2, 0) is 18.9 Å². The maximum Gasteiger partial charge on any atom is 0.308 e. The number of aryl methyl sites for hydroxylation is 1. The van der Waals surface area contributed by atoms with Gasteiger partial charge in [0.15, 0.2) is 5.82 Å². The van der Waals surface area contributed by atoms with Crippen molar-refractivity contribution in [3.63, 3.8) is 0 Å². The van der Waals surface area contributed by atoms with Gasteiger partial charge in [-0.2, -0.15) is 8.78 Å². The number of rotatable bonds is 9. The van der Waals surface area contributed by atoms with Gasteiger partial charge in [0.2, 0.25) is 5.82 Å². The Morgan fingerprint density at radius 1 is 1.00 bits per heavy atom. The van der Waals surface area contributed by atoms with Gasteiger partial charge in [0.1, 0.15) is 5.82 Å². The average Bonchev–Trinajstić information content (AvgIpc) is 3.49. The van der Waals surface area contributed by atoms with E-state index in [2.05, 4.69) is 37.6 Å². The van der Waals surface area contributed by atoms with Crippen molar-refractivity contribution in [2.45, 2.75) is 52.0 Å². The van der Waals surface area contributed by atoms with Gasteiger partial charge >= 0.3 is 5.92 Å². The Morgan fingerprint density at radius 2 is 1.75 bits per heavy atom. The highest BCUT2D eigenvalue weighted by Gasteiger charge is 2.35. The molecule has 32 heavy (non-hydrogen) atoms. The number of unbranched alkanes of at least 4 members (excludes halogenated alkanes) is 1. The summed E-state index contributed by atoms with van der Waals surface area (Å²) in [5.74, 6) is -2.26. The summed E-state index contributed by atoms with van der Waals surface area (Å²) in [4.78, 5) is 4.20. The lowest BCUT2D eigenvalue weighted by molar-refractivity contribution is -0.0177. The predicted octanol–water partition coefficient (Wildman–Crippen LogP) is 5.02. The number of alkyl halides is 2. The van der Waals surface area contributed by atoms with Crippen molar-refractivity contribution < 1.29 is 8.78 Å². The average molecular weight is 437 g/mol. The van der Waals surface area contributed by atoms with E-state index in [1.54, 1.807) is 4.68 Å². The number of tetrazole rings is 1. The van der Waals surface area contributed by atoms with Gasteiger partial charge in [-0.3, -0.25) is 0 Å². The molecular weight excluding hydrogens is 412 g/mol. The molecule has 0 spiro atoms. The van der Waals surface area contributed by atoms with Gasteiger partial charge in [0.05, 0.1) is 0 Å². The molecule has 0 aliphatic carbocycles. The normalized spacial score (nSPS) is 11.8. The molecule has 0 amide bonds. The number of hydrogen-bond acceptors (Lipinski definition) is 5. The highest BCUT2D eigenvalue weighted by atomic mass is 19.3. The highest BCUT2D eigenvalue weighted by molar-refractivity contribution is 5.80. The second-order valence-electron chi connectivity index (χ2n) is 7.66. The molecule has 4 rings (SSSR count). The molecule has 0 aliphatic heterocycles. The summed E-state index contributed by atoms with van der Waals surface area (Å²) in [6, 6.07) is 15.8. The zero-order chi connectivity index (χ0) is 22.6. The Morgan fingerprint density at radius 3 is 2.41 bits per heavy atom. The molecule has 0 saturated carbocycles. The number of aromatic nitrogens is 7. The van der Waals surface area contributed by atoms with Crippen molar-refractivity contribution >= 4 is 0 Å². The first-order chi connectivity index (χ1) is 15.5. The topological polar surface area (TPSA) is 85.2 Å². The number of hydrogen-bond donors (Lipinski definition) is 1. The van der Waals surface area contributed by atoms with E-state index in [0.717, 1.165) is 35.1 Å². The van der Waals surface area contributed by atoms with E-state index in [1.807, 2.05) is 48.5 Å². The molecule has 0 saturated heterocycles. The zero-order valence-electron chi connectivity index (χ0n) is 18.1. The van der Waals surface area contributed by atoms with E-state index in [0.29, 0.717) is 24.6 Å². The molecule has 0 atom stereocenters. The highest BCUT2D eigenvalue weighted by Crippen LogP contribution is 2.31. The minimum Gasteiger partial charge on any atom is -0.249 e. The molecule has 0 fully saturated rings. The molecule has 7 nitrogen and oxygen atoms in total. The molecule has 2 heterocycles. The van der Waals surface area contributed by atoms with Crippen LogP contribution in [-0.4, -0.2) is 35.4 Å². The first kappa shape index (κ1) is 21.7. The monoisotopic (exact) mass is 437 g/mol. The molecule has 0 unspecified atom stereocenters. The molecule has 1 N–H and O–H groups in total. The largest absolute Gasteiger partial charge is 0.308 e. The third kappa shape index (κ3) is 4.56. The number of H-pyrrole nitrogens is 1. The molecule has 2 aromatic carbocycles. The number of nitrogens with one attached hydrogen (secondary N) is 1. The second kappa shape index (κ2) is 9.33. The number of halogens is 2. The van der Waals surface area contributed by atoms with Crippen LogP contribution in [0.15, 0.2) is 48.5 Å². The minimum atomic E-state index is -3.02. The maximum atomic E-state index is 14.2. The van der Waals surface area contributed by atoms with Crippen molar-refractivity contribution in [2.24, 2.45) is 0 Å². The third-order valence-corrected chi connectivity index (χ3v) is 5.40. The van der Waals surface area contributed by atoms with Crippen molar-refractivity contribution in [3.05, 3.63) is 65.7 Å². The Hall–Kier alpha value is -3.49. The van der Waals surface area contributed by atoms with E-state index in [-0.39, 0.29) is 6.42 Å². The van der Waals surface area contributed by atoms with Gasteiger partial charge in [-0.15, -0.1) is 10.2 Å². The van der Waals surface area contributed by atoms with E-state index < -0.39 is 11.7 Å². The molecule has 0 aliphatic rings. The molecule has 9 heteroatoms. The van der Waals surface area contributed by atoms with Gasteiger partial charge in [-0.1, -0.05) is 68.8 Å². The van der Waals surface area contributed by atoms with Crippen molar-refractivity contribution in [2.75, 3.05) is 0 Å². The van der Waals surface area contributed by atoms with Crippen molar-refractivity contribution in [1.29, 1.82) is 0 Å². The molecule has 4 aromatic rings. The summed E-state index contributed by atoms with van der Waals surface area (Å²) < 4.78 is 30.0. The summed E-state index contributed by atoms with van der Waals surface area (Å²) in [5.41, 5.74) is 3.88. The Bertz CT molecular complexity index is 1150. The fraction of sp³-hybridized carbons (Fsp3) is 0.348. The first-order valence-electron chi connectivity index (χ1n) is 10.8. The molecule has 0 bridgehead atoms. The van der Waals surface area contributed by atoms with Gasteiger partial charge in [0.25, 0.3) is 0 Å². The van der Waals surface area contributed by atoms with Crippen LogP contribution in [0.2, 0.25) is 0 Å². The van der Waals surface area contributed by atoms with Crippen LogP contribution in [0.25, 0.3) is 22.5 Å². The predicted molar refractivity (Wildman–Crippen MR) is 117 cm³/mol.